The van der Waals surface area contributed by atoms with E-state index in [1.54, 1.807) is 6.92 Å². The molecule has 0 radical (unpaired) electrons. The van der Waals surface area contributed by atoms with Crippen molar-refractivity contribution in [3.8, 4) is 0 Å². The van der Waals surface area contributed by atoms with Crippen molar-refractivity contribution in [2.45, 2.75) is 24.8 Å². The second-order valence-electron chi connectivity index (χ2n) is 3.13. The van der Waals surface area contributed by atoms with Gasteiger partial charge in [-0.1, -0.05) is 22.6 Å². The summed E-state index contributed by atoms with van der Waals surface area (Å²) >= 11 is 2.27. The summed E-state index contributed by atoms with van der Waals surface area (Å²) in [5, 5.41) is 0.134. The number of H-pyrrole nitrogens is 1. The summed E-state index contributed by atoms with van der Waals surface area (Å²) in [6.45, 7) is 2.19. The quantitative estimate of drug-likeness (QED) is 0.463. The highest BCUT2D eigenvalue weighted by molar-refractivity contribution is 14.1. The summed E-state index contributed by atoms with van der Waals surface area (Å²) in [6, 6.07) is 0. The number of aryl methyl sites for hydroxylation is 1. The van der Waals surface area contributed by atoms with E-state index in [2.05, 4.69) is 37.3 Å². The molecule has 0 bridgehead atoms. The van der Waals surface area contributed by atoms with Crippen LogP contribution in [0, 0.1) is 6.92 Å². The lowest BCUT2D eigenvalue weighted by molar-refractivity contribution is 0.575. The first-order valence-electron chi connectivity index (χ1n) is 4.63. The highest BCUT2D eigenvalue weighted by Gasteiger charge is 2.15. The molecule has 1 aromatic rings. The maximum atomic E-state index is 11.6. The molecule has 0 amide bonds. The Labute approximate surface area is 103 Å². The monoisotopic (exact) mass is 343 g/mol. The average molecular weight is 343 g/mol. The lowest BCUT2D eigenvalue weighted by Gasteiger charge is -2.03. The van der Waals surface area contributed by atoms with Gasteiger partial charge in [0.2, 0.25) is 0 Å². The van der Waals surface area contributed by atoms with Crippen LogP contribution in [0.3, 0.4) is 0 Å². The molecule has 1 heterocycles. The van der Waals surface area contributed by atoms with Crippen molar-refractivity contribution in [3.05, 3.63) is 12.0 Å². The van der Waals surface area contributed by atoms with Crippen molar-refractivity contribution in [3.63, 3.8) is 0 Å². The zero-order valence-corrected chi connectivity index (χ0v) is 11.4. The van der Waals surface area contributed by atoms with E-state index in [4.69, 9.17) is 0 Å². The van der Waals surface area contributed by atoms with Crippen molar-refractivity contribution < 1.29 is 8.42 Å². The zero-order chi connectivity index (χ0) is 11.3. The van der Waals surface area contributed by atoms with Crippen LogP contribution in [-0.4, -0.2) is 29.4 Å². The third-order valence-corrected chi connectivity index (χ3v) is 3.96. The summed E-state index contributed by atoms with van der Waals surface area (Å²) in [7, 11) is -3.39. The van der Waals surface area contributed by atoms with Crippen LogP contribution in [0.1, 0.15) is 18.7 Å². The molecule has 1 rings (SSSR count). The van der Waals surface area contributed by atoms with Gasteiger partial charge in [0.05, 0.1) is 6.20 Å². The third kappa shape index (κ3) is 4.07. The number of aromatic nitrogens is 2. The summed E-state index contributed by atoms with van der Waals surface area (Å²) < 4.78 is 26.8. The SMILES string of the molecule is Cc1ncc(S(=O)(=O)NCCCCI)[nH]1. The number of aromatic amines is 1. The number of imidazole rings is 1. The van der Waals surface area contributed by atoms with Gasteiger partial charge in [0.15, 0.2) is 5.03 Å². The van der Waals surface area contributed by atoms with Crippen molar-refractivity contribution >= 4 is 32.6 Å². The molecule has 15 heavy (non-hydrogen) atoms. The van der Waals surface area contributed by atoms with Gasteiger partial charge in [-0.2, -0.15) is 0 Å². The molecule has 2 N–H and O–H groups in total. The molecule has 0 saturated heterocycles. The lowest BCUT2D eigenvalue weighted by atomic mass is 10.3. The van der Waals surface area contributed by atoms with Gasteiger partial charge in [-0.3, -0.25) is 0 Å². The van der Waals surface area contributed by atoms with E-state index in [-0.39, 0.29) is 5.03 Å². The second kappa shape index (κ2) is 5.80. The highest BCUT2D eigenvalue weighted by atomic mass is 127. The fraction of sp³-hybridized carbons (Fsp3) is 0.625. The second-order valence-corrected chi connectivity index (χ2v) is 5.94. The van der Waals surface area contributed by atoms with E-state index in [9.17, 15) is 8.42 Å². The zero-order valence-electron chi connectivity index (χ0n) is 8.46. The molecule has 86 valence electrons. The van der Waals surface area contributed by atoms with Gasteiger partial charge in [0.25, 0.3) is 10.0 Å². The molecule has 5 nitrogen and oxygen atoms in total. The molecule has 7 heteroatoms. The van der Waals surface area contributed by atoms with Gasteiger partial charge in [0, 0.05) is 6.54 Å². The molecular formula is C8H14IN3O2S. The van der Waals surface area contributed by atoms with Gasteiger partial charge in [-0.15, -0.1) is 0 Å². The van der Waals surface area contributed by atoms with Crippen LogP contribution in [-0.2, 0) is 10.0 Å². The smallest absolute Gasteiger partial charge is 0.257 e. The molecule has 0 aromatic carbocycles. The molecule has 0 unspecified atom stereocenters. The van der Waals surface area contributed by atoms with Gasteiger partial charge < -0.3 is 4.98 Å². The predicted molar refractivity (Wildman–Crippen MR) is 66.6 cm³/mol. The number of hydrogen-bond acceptors (Lipinski definition) is 3. The summed E-state index contributed by atoms with van der Waals surface area (Å²) in [5.74, 6) is 0.600. The molecule has 1 aromatic heterocycles. The molecular weight excluding hydrogens is 329 g/mol. The van der Waals surface area contributed by atoms with E-state index in [0.717, 1.165) is 17.3 Å². The minimum absolute atomic E-state index is 0.134. The maximum Gasteiger partial charge on any atom is 0.257 e. The van der Waals surface area contributed by atoms with Gasteiger partial charge in [-0.05, 0) is 24.2 Å². The van der Waals surface area contributed by atoms with Crippen molar-refractivity contribution in [1.29, 1.82) is 0 Å². The highest BCUT2D eigenvalue weighted by Crippen LogP contribution is 2.04. The van der Waals surface area contributed by atoms with Crippen LogP contribution in [0.4, 0.5) is 0 Å². The normalized spacial score (nSPS) is 11.9. The lowest BCUT2D eigenvalue weighted by Crippen LogP contribution is -2.25. The van der Waals surface area contributed by atoms with Gasteiger partial charge in [0.1, 0.15) is 5.82 Å². The van der Waals surface area contributed by atoms with Crippen LogP contribution >= 0.6 is 22.6 Å². The fourth-order valence-electron chi connectivity index (χ4n) is 1.04. The number of unbranched alkanes of at least 4 members (excludes halogenated alkanes) is 1. The molecule has 0 aliphatic rings. The third-order valence-electron chi connectivity index (χ3n) is 1.82. The Hall–Kier alpha value is -0.150. The minimum Gasteiger partial charge on any atom is -0.332 e. The van der Waals surface area contributed by atoms with Crippen molar-refractivity contribution in [2.24, 2.45) is 0 Å². The van der Waals surface area contributed by atoms with Crippen LogP contribution in [0.15, 0.2) is 11.2 Å². The van der Waals surface area contributed by atoms with Crippen molar-refractivity contribution in [2.75, 3.05) is 11.0 Å². The van der Waals surface area contributed by atoms with E-state index in [0.29, 0.717) is 12.4 Å². The molecule has 0 saturated carbocycles. The summed E-state index contributed by atoms with van der Waals surface area (Å²) in [6.07, 6.45) is 3.20. The van der Waals surface area contributed by atoms with E-state index in [1.807, 2.05) is 0 Å². The van der Waals surface area contributed by atoms with E-state index in [1.165, 1.54) is 6.20 Å². The number of rotatable bonds is 6. The van der Waals surface area contributed by atoms with Crippen molar-refractivity contribution in [1.82, 2.24) is 14.7 Å². The van der Waals surface area contributed by atoms with Gasteiger partial charge >= 0.3 is 0 Å². The Morgan fingerprint density at radius 1 is 1.53 bits per heavy atom. The number of halogens is 1. The fourth-order valence-corrected chi connectivity index (χ4v) is 2.62. The van der Waals surface area contributed by atoms with Crippen LogP contribution < -0.4 is 4.72 Å². The number of nitrogens with one attached hydrogen (secondary N) is 2. The Kier molecular flexibility index (Phi) is 5.00. The van der Waals surface area contributed by atoms with E-state index >= 15 is 0 Å². The molecule has 0 fully saturated rings. The molecule has 0 aliphatic carbocycles. The average Bonchev–Trinajstić information content (AvgIpc) is 2.60. The van der Waals surface area contributed by atoms with Crippen LogP contribution in [0.5, 0.6) is 0 Å². The number of alkyl halides is 1. The molecule has 0 spiro atoms. The number of nitrogens with zero attached hydrogens (tertiary/aromatic N) is 1. The van der Waals surface area contributed by atoms with Crippen LogP contribution in [0.2, 0.25) is 0 Å². The Bertz CT molecular complexity index is 402. The first-order valence-corrected chi connectivity index (χ1v) is 7.64. The molecule has 0 atom stereocenters. The van der Waals surface area contributed by atoms with Gasteiger partial charge in [-0.25, -0.2) is 18.1 Å². The standard InChI is InChI=1S/C8H14IN3O2S/c1-7-10-6-8(12-7)15(13,14)11-5-3-2-4-9/h6,11H,2-5H2,1H3,(H,10,12). The number of sulfonamides is 1. The molecule has 0 aliphatic heterocycles. The summed E-state index contributed by atoms with van der Waals surface area (Å²) in [5.41, 5.74) is 0. The topological polar surface area (TPSA) is 74.8 Å². The largest absolute Gasteiger partial charge is 0.332 e. The summed E-state index contributed by atoms with van der Waals surface area (Å²) in [4.78, 5) is 6.55. The first kappa shape index (κ1) is 12.9. The maximum absolute atomic E-state index is 11.6. The number of hydrogen-bond donors (Lipinski definition) is 2. The Balaban J connectivity index is 2.53. The Morgan fingerprint density at radius 3 is 2.80 bits per heavy atom. The van der Waals surface area contributed by atoms with Crippen LogP contribution in [0.25, 0.3) is 0 Å². The predicted octanol–water partition coefficient (Wildman–Crippen LogP) is 1.21. The minimum atomic E-state index is -3.39. The first-order chi connectivity index (χ1) is 7.06. The Morgan fingerprint density at radius 2 is 2.27 bits per heavy atom. The van der Waals surface area contributed by atoms with E-state index < -0.39 is 10.0 Å².